The van der Waals surface area contributed by atoms with E-state index >= 15 is 0 Å². The second-order valence-corrected chi connectivity index (χ2v) is 6.34. The molecule has 0 radical (unpaired) electrons. The van der Waals surface area contributed by atoms with Crippen LogP contribution in [-0.2, 0) is 10.2 Å². The van der Waals surface area contributed by atoms with Crippen LogP contribution in [0.15, 0.2) is 24.3 Å². The molecule has 1 aliphatic rings. The molecule has 116 valence electrons. The highest BCUT2D eigenvalue weighted by molar-refractivity contribution is 6.30. The van der Waals surface area contributed by atoms with E-state index in [1.54, 1.807) is 0 Å². The Morgan fingerprint density at radius 1 is 1.24 bits per heavy atom. The van der Waals surface area contributed by atoms with Gasteiger partial charge in [-0.1, -0.05) is 43.0 Å². The average molecular weight is 309 g/mol. The van der Waals surface area contributed by atoms with Crippen LogP contribution in [0.2, 0.25) is 5.02 Å². The number of unbranched alkanes of at least 4 members (excludes halogenated alkanes) is 1. The van der Waals surface area contributed by atoms with Gasteiger partial charge in [0.15, 0.2) is 0 Å². The summed E-state index contributed by atoms with van der Waals surface area (Å²) in [7, 11) is 0. The molecule has 21 heavy (non-hydrogen) atoms. The van der Waals surface area contributed by atoms with Crippen molar-refractivity contribution in [3.8, 4) is 0 Å². The van der Waals surface area contributed by atoms with E-state index in [0.717, 1.165) is 44.1 Å². The molecule has 0 aromatic heterocycles. The normalized spacial score (nSPS) is 17.4. The third-order valence-electron chi connectivity index (χ3n) is 4.44. The van der Waals surface area contributed by atoms with E-state index in [9.17, 15) is 4.79 Å². The smallest absolute Gasteiger partial charge is 0.230 e. The van der Waals surface area contributed by atoms with Gasteiger partial charge in [-0.15, -0.1) is 0 Å². The second-order valence-electron chi connectivity index (χ2n) is 5.90. The Kier molecular flexibility index (Phi) is 6.07. The predicted octanol–water partition coefficient (Wildman–Crippen LogP) is 3.40. The number of nitrogens with one attached hydrogen (secondary N) is 1. The van der Waals surface area contributed by atoms with E-state index in [4.69, 9.17) is 17.3 Å². The number of halogens is 1. The summed E-state index contributed by atoms with van der Waals surface area (Å²) >= 11 is 6.13. The number of hydrogen-bond acceptors (Lipinski definition) is 2. The van der Waals surface area contributed by atoms with Gasteiger partial charge in [-0.2, -0.15) is 0 Å². The molecular formula is C17H25ClN2O. The minimum absolute atomic E-state index is 0.154. The maximum atomic E-state index is 12.8. The van der Waals surface area contributed by atoms with Crippen molar-refractivity contribution in [2.45, 2.75) is 50.4 Å². The summed E-state index contributed by atoms with van der Waals surface area (Å²) in [5.41, 5.74) is 6.16. The van der Waals surface area contributed by atoms with Crippen LogP contribution in [0, 0.1) is 0 Å². The molecular weight excluding hydrogens is 284 g/mol. The topological polar surface area (TPSA) is 55.1 Å². The predicted molar refractivity (Wildman–Crippen MR) is 87.5 cm³/mol. The van der Waals surface area contributed by atoms with Gasteiger partial charge >= 0.3 is 0 Å². The molecule has 0 heterocycles. The molecule has 1 aromatic rings. The van der Waals surface area contributed by atoms with Crippen LogP contribution in [0.1, 0.15) is 50.5 Å². The van der Waals surface area contributed by atoms with Gasteiger partial charge in [0.2, 0.25) is 5.91 Å². The Hall–Kier alpha value is -1.06. The minimum Gasteiger partial charge on any atom is -0.355 e. The molecule has 0 spiro atoms. The van der Waals surface area contributed by atoms with Crippen molar-refractivity contribution < 1.29 is 4.79 Å². The van der Waals surface area contributed by atoms with Crippen LogP contribution in [0.5, 0.6) is 0 Å². The summed E-state index contributed by atoms with van der Waals surface area (Å²) in [6, 6.07) is 7.79. The van der Waals surface area contributed by atoms with Gasteiger partial charge in [0, 0.05) is 11.6 Å². The lowest BCUT2D eigenvalue weighted by atomic mass is 9.68. The van der Waals surface area contributed by atoms with E-state index in [1.165, 1.54) is 6.42 Å². The first-order valence-electron chi connectivity index (χ1n) is 7.93. The van der Waals surface area contributed by atoms with Crippen LogP contribution < -0.4 is 11.1 Å². The Balaban J connectivity index is 2.15. The van der Waals surface area contributed by atoms with Crippen molar-refractivity contribution in [2.75, 3.05) is 13.1 Å². The maximum absolute atomic E-state index is 12.8. The summed E-state index contributed by atoms with van der Waals surface area (Å²) in [6.45, 7) is 1.38. The summed E-state index contributed by atoms with van der Waals surface area (Å²) < 4.78 is 0. The molecule has 1 fully saturated rings. The Labute approximate surface area is 132 Å². The first-order chi connectivity index (χ1) is 10.2. The second kappa shape index (κ2) is 7.81. The summed E-state index contributed by atoms with van der Waals surface area (Å²) in [6.07, 6.45) is 7.12. The number of carbonyl (C=O) groups is 1. The molecule has 0 aliphatic heterocycles. The quantitative estimate of drug-likeness (QED) is 0.791. The highest BCUT2D eigenvalue weighted by Crippen LogP contribution is 2.40. The summed E-state index contributed by atoms with van der Waals surface area (Å²) in [5.74, 6) is 0.154. The fourth-order valence-electron chi connectivity index (χ4n) is 3.23. The molecule has 0 unspecified atom stereocenters. The van der Waals surface area contributed by atoms with Crippen molar-refractivity contribution in [3.63, 3.8) is 0 Å². The van der Waals surface area contributed by atoms with Gasteiger partial charge in [0.05, 0.1) is 5.41 Å². The van der Waals surface area contributed by atoms with Crippen molar-refractivity contribution in [2.24, 2.45) is 5.73 Å². The third-order valence-corrected chi connectivity index (χ3v) is 4.67. The number of carbonyl (C=O) groups excluding carboxylic acids is 1. The van der Waals surface area contributed by atoms with Crippen molar-refractivity contribution in [1.29, 1.82) is 0 Å². The van der Waals surface area contributed by atoms with Crippen LogP contribution >= 0.6 is 11.6 Å². The number of amides is 1. The van der Waals surface area contributed by atoms with Gasteiger partial charge < -0.3 is 11.1 Å². The first kappa shape index (κ1) is 16.3. The van der Waals surface area contributed by atoms with E-state index < -0.39 is 5.41 Å². The van der Waals surface area contributed by atoms with Gasteiger partial charge in [0.25, 0.3) is 0 Å². The lowest BCUT2D eigenvalue weighted by Crippen LogP contribution is -2.46. The zero-order chi connectivity index (χ0) is 15.1. The Morgan fingerprint density at radius 3 is 2.67 bits per heavy atom. The molecule has 0 saturated heterocycles. The average Bonchev–Trinajstić information content (AvgIpc) is 2.52. The van der Waals surface area contributed by atoms with E-state index in [0.29, 0.717) is 18.1 Å². The van der Waals surface area contributed by atoms with Gasteiger partial charge in [-0.25, -0.2) is 0 Å². The van der Waals surface area contributed by atoms with E-state index in [-0.39, 0.29) is 5.91 Å². The maximum Gasteiger partial charge on any atom is 0.230 e. The molecule has 1 amide bonds. The number of hydrogen-bond donors (Lipinski definition) is 2. The first-order valence-corrected chi connectivity index (χ1v) is 8.31. The zero-order valence-electron chi connectivity index (χ0n) is 12.5. The van der Waals surface area contributed by atoms with Crippen molar-refractivity contribution in [1.82, 2.24) is 5.32 Å². The fraction of sp³-hybridized carbons (Fsp3) is 0.588. The van der Waals surface area contributed by atoms with Crippen LogP contribution in [0.4, 0.5) is 0 Å². The lowest BCUT2D eigenvalue weighted by Gasteiger charge is -2.36. The Morgan fingerprint density at radius 2 is 2.00 bits per heavy atom. The summed E-state index contributed by atoms with van der Waals surface area (Å²) in [4.78, 5) is 12.8. The van der Waals surface area contributed by atoms with Gasteiger partial charge in [-0.05, 0) is 49.9 Å². The summed E-state index contributed by atoms with van der Waals surface area (Å²) in [5, 5.41) is 3.81. The van der Waals surface area contributed by atoms with Crippen molar-refractivity contribution in [3.05, 3.63) is 34.9 Å². The van der Waals surface area contributed by atoms with E-state index in [1.807, 2.05) is 24.3 Å². The standard InChI is InChI=1S/C17H25ClN2O/c18-15-8-6-7-14(13-15)17(9-2-1-3-10-17)16(21)20-12-5-4-11-19/h6-8,13H,1-5,9-12,19H2,(H,20,21). The minimum atomic E-state index is -0.397. The van der Waals surface area contributed by atoms with Crippen molar-refractivity contribution >= 4 is 17.5 Å². The molecule has 1 saturated carbocycles. The number of rotatable bonds is 6. The van der Waals surface area contributed by atoms with Crippen LogP contribution in [0.25, 0.3) is 0 Å². The highest BCUT2D eigenvalue weighted by Gasteiger charge is 2.40. The lowest BCUT2D eigenvalue weighted by molar-refractivity contribution is -0.128. The van der Waals surface area contributed by atoms with Gasteiger partial charge in [0.1, 0.15) is 0 Å². The molecule has 1 aromatic carbocycles. The van der Waals surface area contributed by atoms with Gasteiger partial charge in [-0.3, -0.25) is 4.79 Å². The zero-order valence-corrected chi connectivity index (χ0v) is 13.3. The number of nitrogens with two attached hydrogens (primary N) is 1. The van der Waals surface area contributed by atoms with Crippen LogP contribution in [-0.4, -0.2) is 19.0 Å². The fourth-order valence-corrected chi connectivity index (χ4v) is 3.42. The molecule has 3 N–H and O–H groups in total. The third kappa shape index (κ3) is 3.98. The molecule has 2 rings (SSSR count). The monoisotopic (exact) mass is 308 g/mol. The molecule has 0 bridgehead atoms. The van der Waals surface area contributed by atoms with Crippen LogP contribution in [0.3, 0.4) is 0 Å². The number of benzene rings is 1. The highest BCUT2D eigenvalue weighted by atomic mass is 35.5. The molecule has 4 heteroatoms. The Bertz CT molecular complexity index is 470. The molecule has 0 atom stereocenters. The van der Waals surface area contributed by atoms with E-state index in [2.05, 4.69) is 5.32 Å². The largest absolute Gasteiger partial charge is 0.355 e. The molecule has 1 aliphatic carbocycles. The SMILES string of the molecule is NCCCCNC(=O)C1(c2cccc(Cl)c2)CCCCC1. The molecule has 3 nitrogen and oxygen atoms in total.